The molecule has 0 unspecified atom stereocenters. The van der Waals surface area contributed by atoms with Gasteiger partial charge in [-0.15, -0.1) is 0 Å². The van der Waals surface area contributed by atoms with Gasteiger partial charge in [0.1, 0.15) is 0 Å². The maximum absolute atomic E-state index is 4.64. The van der Waals surface area contributed by atoms with Gasteiger partial charge in [-0.05, 0) is 50.9 Å². The average Bonchev–Trinajstić information content (AvgIpc) is 2.86. The van der Waals surface area contributed by atoms with Crippen molar-refractivity contribution in [3.8, 4) is 11.1 Å². The van der Waals surface area contributed by atoms with Crippen LogP contribution in [0.4, 0.5) is 0 Å². The van der Waals surface area contributed by atoms with Crippen LogP contribution in [0, 0.1) is 0 Å². The molecular weight excluding hydrogens is 478 g/mol. The van der Waals surface area contributed by atoms with E-state index in [0.29, 0.717) is 0 Å². The van der Waals surface area contributed by atoms with Gasteiger partial charge in [-0.1, -0.05) is 98.0 Å². The topological polar surface area (TPSA) is 51.6 Å². The fourth-order valence-electron chi connectivity index (χ4n) is 4.65. The summed E-state index contributed by atoms with van der Waals surface area (Å²) >= 11 is 0. The van der Waals surface area contributed by atoms with Crippen molar-refractivity contribution in [2.75, 3.05) is 0 Å². The lowest BCUT2D eigenvalue weighted by molar-refractivity contribution is 0.702. The van der Waals surface area contributed by atoms with Gasteiger partial charge < -0.3 is 0 Å². The summed E-state index contributed by atoms with van der Waals surface area (Å²) in [6.07, 6.45) is 9.18. The number of benzene rings is 2. The van der Waals surface area contributed by atoms with Crippen molar-refractivity contribution in [2.45, 2.75) is 64.2 Å². The number of rotatable bonds is 7. The third kappa shape index (κ3) is 6.61. The van der Waals surface area contributed by atoms with E-state index in [0.717, 1.165) is 23.5 Å². The molecule has 0 radical (unpaired) electrons. The van der Waals surface area contributed by atoms with Gasteiger partial charge in [0.25, 0.3) is 0 Å². The average molecular weight is 515 g/mol. The molecule has 0 spiro atoms. The van der Waals surface area contributed by atoms with Gasteiger partial charge >= 0.3 is 0 Å². The Bertz CT molecular complexity index is 1200. The van der Waals surface area contributed by atoms with E-state index in [-0.39, 0.29) is 18.2 Å². The highest BCUT2D eigenvalue weighted by molar-refractivity contribution is 7.71. The smallest absolute Gasteiger partial charge is 0.158 e. The predicted octanol–water partition coefficient (Wildman–Crippen LogP) is 7.15. The zero-order chi connectivity index (χ0) is 25.8. The maximum Gasteiger partial charge on any atom is 0.158 e. The molecule has 0 saturated carbocycles. The molecule has 0 aliphatic carbocycles. The molecule has 4 nitrogen and oxygen atoms in total. The molecule has 2 aromatic carbocycles. The molecule has 0 saturated heterocycles. The van der Waals surface area contributed by atoms with Crippen molar-refractivity contribution < 1.29 is 0 Å². The van der Waals surface area contributed by atoms with E-state index >= 15 is 0 Å². The first-order valence-electron chi connectivity index (χ1n) is 12.4. The molecule has 2 aromatic heterocycles. The Labute approximate surface area is 218 Å². The lowest BCUT2D eigenvalue weighted by atomic mass is 10.0. The van der Waals surface area contributed by atoms with Crippen LogP contribution >= 0.6 is 15.8 Å². The summed E-state index contributed by atoms with van der Waals surface area (Å²) in [4.78, 5) is 18.6. The zero-order valence-corrected chi connectivity index (χ0v) is 24.0. The lowest BCUT2D eigenvalue weighted by Gasteiger charge is -2.42. The summed E-state index contributed by atoms with van der Waals surface area (Å²) < 4.78 is 0. The maximum atomic E-state index is 4.64. The van der Waals surface area contributed by atoms with E-state index in [1.165, 1.54) is 22.3 Å². The minimum Gasteiger partial charge on any atom is -0.237 e. The van der Waals surface area contributed by atoms with Crippen molar-refractivity contribution in [3.63, 3.8) is 0 Å². The van der Waals surface area contributed by atoms with Crippen LogP contribution in [-0.4, -0.2) is 30.2 Å². The lowest BCUT2D eigenvalue weighted by Crippen LogP contribution is -2.26. The standard InChI is InChI=1S/C30H36N4P2/c1-29(2,3)36(30(4,5)6)22-25-15-14-24(23-12-8-7-9-13-23)20-26(25)21-35(27-31-16-10-17-32-27)28-33-18-11-19-34-28/h7-20H,21-22H2,1-6H3. The second-order valence-corrected chi connectivity index (χ2v) is 16.8. The summed E-state index contributed by atoms with van der Waals surface area (Å²) in [5.74, 6) is 0. The molecule has 36 heavy (non-hydrogen) atoms. The van der Waals surface area contributed by atoms with Crippen molar-refractivity contribution in [2.24, 2.45) is 0 Å². The summed E-state index contributed by atoms with van der Waals surface area (Å²) in [7, 11) is -1.23. The summed E-state index contributed by atoms with van der Waals surface area (Å²) in [5, 5.41) is 0.498. The van der Waals surface area contributed by atoms with Crippen molar-refractivity contribution in [1.29, 1.82) is 0 Å². The summed E-state index contributed by atoms with van der Waals surface area (Å²) in [6, 6.07) is 21.4. The molecule has 2 heterocycles. The summed E-state index contributed by atoms with van der Waals surface area (Å²) in [5.41, 5.74) is 6.89. The fourth-order valence-corrected chi connectivity index (χ4v) is 10.2. The number of hydrogen-bond acceptors (Lipinski definition) is 4. The first-order valence-corrected chi connectivity index (χ1v) is 15.4. The van der Waals surface area contributed by atoms with Crippen molar-refractivity contribution >= 4 is 27.0 Å². The minimum absolute atomic E-state index is 0.249. The molecule has 186 valence electrons. The Morgan fingerprint density at radius 3 is 1.58 bits per heavy atom. The molecule has 4 aromatic rings. The van der Waals surface area contributed by atoms with E-state index in [4.69, 9.17) is 0 Å². The van der Waals surface area contributed by atoms with Crippen LogP contribution in [0.1, 0.15) is 52.7 Å². The van der Waals surface area contributed by atoms with Crippen LogP contribution in [0.2, 0.25) is 0 Å². The quantitative estimate of drug-likeness (QED) is 0.246. The van der Waals surface area contributed by atoms with Gasteiger partial charge in [0, 0.05) is 38.9 Å². The summed E-state index contributed by atoms with van der Waals surface area (Å²) in [6.45, 7) is 14.4. The largest absolute Gasteiger partial charge is 0.237 e. The van der Waals surface area contributed by atoms with Crippen LogP contribution in [0.5, 0.6) is 0 Å². The van der Waals surface area contributed by atoms with Gasteiger partial charge in [-0.3, -0.25) is 0 Å². The van der Waals surface area contributed by atoms with Gasteiger partial charge in [-0.25, -0.2) is 19.9 Å². The Morgan fingerprint density at radius 1 is 0.556 bits per heavy atom. The van der Waals surface area contributed by atoms with Crippen LogP contribution in [0.25, 0.3) is 11.1 Å². The molecule has 0 fully saturated rings. The van der Waals surface area contributed by atoms with E-state index in [1.54, 1.807) is 0 Å². The third-order valence-corrected chi connectivity index (χ3v) is 12.2. The van der Waals surface area contributed by atoms with E-state index in [9.17, 15) is 0 Å². The van der Waals surface area contributed by atoms with Gasteiger partial charge in [0.05, 0.1) is 0 Å². The molecule has 0 amide bonds. The second kappa shape index (κ2) is 11.2. The molecule has 0 atom stereocenters. The van der Waals surface area contributed by atoms with E-state index in [1.807, 2.05) is 36.9 Å². The molecule has 0 N–H and O–H groups in total. The Balaban J connectivity index is 1.82. The Kier molecular flexibility index (Phi) is 8.28. The van der Waals surface area contributed by atoms with Crippen LogP contribution in [-0.2, 0) is 12.3 Å². The van der Waals surface area contributed by atoms with Crippen LogP contribution in [0.3, 0.4) is 0 Å². The Hall–Kier alpha value is -2.54. The van der Waals surface area contributed by atoms with Gasteiger partial charge in [-0.2, -0.15) is 0 Å². The monoisotopic (exact) mass is 514 g/mol. The molecule has 0 aliphatic rings. The van der Waals surface area contributed by atoms with Crippen LogP contribution in [0.15, 0.2) is 85.5 Å². The first kappa shape index (κ1) is 26.5. The number of hydrogen-bond donors (Lipinski definition) is 0. The fraction of sp³-hybridized carbons (Fsp3) is 0.333. The third-order valence-electron chi connectivity index (χ3n) is 6.18. The van der Waals surface area contributed by atoms with Crippen molar-refractivity contribution in [3.05, 3.63) is 96.6 Å². The highest BCUT2D eigenvalue weighted by Crippen LogP contribution is 2.61. The van der Waals surface area contributed by atoms with Crippen LogP contribution < -0.4 is 11.1 Å². The van der Waals surface area contributed by atoms with E-state index in [2.05, 4.69) is 110 Å². The zero-order valence-electron chi connectivity index (χ0n) is 22.2. The second-order valence-electron chi connectivity index (χ2n) is 11.0. The SMILES string of the molecule is CC(C)(C)P(Cc1ccc(-c2ccccc2)cc1CP(c1ncccn1)c1ncccn1)C(C)(C)C. The van der Waals surface area contributed by atoms with Gasteiger partial charge in [0.15, 0.2) is 11.1 Å². The molecule has 4 rings (SSSR count). The number of aromatic nitrogens is 4. The molecular formula is C30H36N4P2. The first-order chi connectivity index (χ1) is 17.1. The molecule has 0 aliphatic heterocycles. The molecule has 6 heteroatoms. The normalized spacial score (nSPS) is 12.3. The van der Waals surface area contributed by atoms with Gasteiger partial charge in [0.2, 0.25) is 0 Å². The van der Waals surface area contributed by atoms with E-state index < -0.39 is 7.92 Å². The minimum atomic E-state index is -0.943. The number of nitrogens with zero attached hydrogens (tertiary/aromatic N) is 4. The highest BCUT2D eigenvalue weighted by Gasteiger charge is 2.35. The Morgan fingerprint density at radius 2 is 1.08 bits per heavy atom. The predicted molar refractivity (Wildman–Crippen MR) is 156 cm³/mol. The van der Waals surface area contributed by atoms with Crippen molar-refractivity contribution in [1.82, 2.24) is 19.9 Å². The highest BCUT2D eigenvalue weighted by atomic mass is 31.1. The molecule has 0 bridgehead atoms.